The predicted molar refractivity (Wildman–Crippen MR) is 95.4 cm³/mol. The summed E-state index contributed by atoms with van der Waals surface area (Å²) in [6.07, 6.45) is 2.98. The van der Waals surface area contributed by atoms with E-state index in [9.17, 15) is 4.79 Å². The van der Waals surface area contributed by atoms with E-state index in [4.69, 9.17) is 5.73 Å². The van der Waals surface area contributed by atoms with Crippen molar-refractivity contribution < 1.29 is 4.79 Å². The van der Waals surface area contributed by atoms with Gasteiger partial charge in [-0.2, -0.15) is 5.10 Å². The number of nitrogens with zero attached hydrogens (tertiary/aromatic N) is 3. The van der Waals surface area contributed by atoms with E-state index in [0.717, 1.165) is 30.5 Å². The van der Waals surface area contributed by atoms with Gasteiger partial charge in [-0.05, 0) is 43.4 Å². The molecule has 1 aromatic carbocycles. The van der Waals surface area contributed by atoms with Gasteiger partial charge in [0, 0.05) is 24.8 Å². The Morgan fingerprint density at radius 2 is 2.00 bits per heavy atom. The SMILES string of the molecule is CN(CC(C)(C)CN)C(=O)c1nn(-c2ccccc2)c2c1CCC2. The second-order valence-electron chi connectivity index (χ2n) is 7.40. The molecule has 128 valence electrons. The number of para-hydroxylation sites is 1. The number of nitrogens with two attached hydrogens (primary N) is 1. The van der Waals surface area contributed by atoms with E-state index in [1.807, 2.05) is 42.1 Å². The summed E-state index contributed by atoms with van der Waals surface area (Å²) >= 11 is 0. The summed E-state index contributed by atoms with van der Waals surface area (Å²) in [7, 11) is 1.84. The topological polar surface area (TPSA) is 64.2 Å². The molecule has 0 fully saturated rings. The van der Waals surface area contributed by atoms with Crippen LogP contribution >= 0.6 is 0 Å². The maximum atomic E-state index is 13.0. The molecule has 0 spiro atoms. The van der Waals surface area contributed by atoms with Crippen molar-refractivity contribution in [2.45, 2.75) is 33.1 Å². The summed E-state index contributed by atoms with van der Waals surface area (Å²) in [6.45, 7) is 5.31. The zero-order chi connectivity index (χ0) is 17.3. The van der Waals surface area contributed by atoms with Crippen molar-refractivity contribution in [3.63, 3.8) is 0 Å². The second-order valence-corrected chi connectivity index (χ2v) is 7.40. The summed E-state index contributed by atoms with van der Waals surface area (Å²) in [5, 5.41) is 4.67. The monoisotopic (exact) mass is 326 g/mol. The van der Waals surface area contributed by atoms with E-state index in [1.54, 1.807) is 4.90 Å². The molecule has 5 nitrogen and oxygen atoms in total. The molecule has 1 aliphatic rings. The van der Waals surface area contributed by atoms with Gasteiger partial charge in [0.2, 0.25) is 0 Å². The van der Waals surface area contributed by atoms with E-state index in [-0.39, 0.29) is 11.3 Å². The van der Waals surface area contributed by atoms with Crippen LogP contribution < -0.4 is 5.73 Å². The Morgan fingerprint density at radius 1 is 1.29 bits per heavy atom. The van der Waals surface area contributed by atoms with Crippen LogP contribution in [0.4, 0.5) is 0 Å². The van der Waals surface area contributed by atoms with Crippen LogP contribution in [0.3, 0.4) is 0 Å². The zero-order valence-electron chi connectivity index (χ0n) is 14.7. The van der Waals surface area contributed by atoms with Gasteiger partial charge in [0.05, 0.1) is 5.69 Å². The van der Waals surface area contributed by atoms with E-state index in [1.165, 1.54) is 5.69 Å². The van der Waals surface area contributed by atoms with E-state index in [2.05, 4.69) is 18.9 Å². The lowest BCUT2D eigenvalue weighted by Crippen LogP contribution is -2.40. The third-order valence-corrected chi connectivity index (χ3v) is 4.70. The lowest BCUT2D eigenvalue weighted by atomic mass is 9.93. The van der Waals surface area contributed by atoms with Crippen molar-refractivity contribution in [2.24, 2.45) is 11.1 Å². The van der Waals surface area contributed by atoms with Gasteiger partial charge in [-0.3, -0.25) is 4.79 Å². The van der Waals surface area contributed by atoms with Crippen molar-refractivity contribution >= 4 is 5.91 Å². The first-order chi connectivity index (χ1) is 11.4. The van der Waals surface area contributed by atoms with Gasteiger partial charge in [0.1, 0.15) is 0 Å². The van der Waals surface area contributed by atoms with Crippen LogP contribution in [0.25, 0.3) is 5.69 Å². The van der Waals surface area contributed by atoms with Crippen LogP contribution in [-0.2, 0) is 12.8 Å². The average Bonchev–Trinajstić information content (AvgIpc) is 3.17. The highest BCUT2D eigenvalue weighted by Gasteiger charge is 2.30. The standard InChI is InChI=1S/C19H26N4O/c1-19(2,12-20)13-22(3)18(24)17-15-10-7-11-16(15)23(21-17)14-8-5-4-6-9-14/h4-6,8-9H,7,10-13,20H2,1-3H3. The summed E-state index contributed by atoms with van der Waals surface area (Å²) in [4.78, 5) is 14.7. The summed E-state index contributed by atoms with van der Waals surface area (Å²) < 4.78 is 1.94. The number of carbonyl (C=O) groups is 1. The largest absolute Gasteiger partial charge is 0.340 e. The second kappa shape index (κ2) is 6.40. The molecular formula is C19H26N4O. The fourth-order valence-corrected chi connectivity index (χ4v) is 3.35. The lowest BCUT2D eigenvalue weighted by molar-refractivity contribution is 0.0733. The average molecular weight is 326 g/mol. The Labute approximate surface area is 143 Å². The van der Waals surface area contributed by atoms with Gasteiger partial charge in [-0.15, -0.1) is 0 Å². The van der Waals surface area contributed by atoms with Gasteiger partial charge in [0.15, 0.2) is 5.69 Å². The van der Waals surface area contributed by atoms with Crippen LogP contribution in [0.15, 0.2) is 30.3 Å². The molecule has 1 aromatic heterocycles. The van der Waals surface area contributed by atoms with Crippen LogP contribution in [-0.4, -0.2) is 40.7 Å². The summed E-state index contributed by atoms with van der Waals surface area (Å²) in [5.74, 6) is -0.00986. The molecule has 0 unspecified atom stereocenters. The number of hydrogen-bond acceptors (Lipinski definition) is 3. The minimum Gasteiger partial charge on any atom is -0.340 e. The number of aromatic nitrogens is 2. The summed E-state index contributed by atoms with van der Waals surface area (Å²) in [6, 6.07) is 10.0. The van der Waals surface area contributed by atoms with Gasteiger partial charge >= 0.3 is 0 Å². The zero-order valence-corrected chi connectivity index (χ0v) is 14.7. The first-order valence-electron chi connectivity index (χ1n) is 8.55. The number of amides is 1. The van der Waals surface area contributed by atoms with Crippen LogP contribution in [0.1, 0.15) is 42.0 Å². The fourth-order valence-electron chi connectivity index (χ4n) is 3.35. The highest BCUT2D eigenvalue weighted by Crippen LogP contribution is 2.28. The Kier molecular flexibility index (Phi) is 4.45. The van der Waals surface area contributed by atoms with E-state index in [0.29, 0.717) is 18.8 Å². The first-order valence-corrected chi connectivity index (χ1v) is 8.55. The minimum atomic E-state index is -0.102. The van der Waals surface area contributed by atoms with Crippen molar-refractivity contribution in [2.75, 3.05) is 20.1 Å². The maximum Gasteiger partial charge on any atom is 0.274 e. The molecule has 0 atom stereocenters. The Balaban J connectivity index is 1.93. The number of fused-ring (bicyclic) bond motifs is 1. The predicted octanol–water partition coefficient (Wildman–Crippen LogP) is 2.42. The fraction of sp³-hybridized carbons (Fsp3) is 0.474. The molecular weight excluding hydrogens is 300 g/mol. The van der Waals surface area contributed by atoms with Crippen molar-refractivity contribution in [1.29, 1.82) is 0 Å². The van der Waals surface area contributed by atoms with Crippen molar-refractivity contribution in [3.05, 3.63) is 47.3 Å². The third-order valence-electron chi connectivity index (χ3n) is 4.70. The Hall–Kier alpha value is -2.14. The summed E-state index contributed by atoms with van der Waals surface area (Å²) in [5.41, 5.74) is 9.61. The van der Waals surface area contributed by atoms with Gasteiger partial charge in [-0.25, -0.2) is 4.68 Å². The van der Waals surface area contributed by atoms with Gasteiger partial charge in [0.25, 0.3) is 5.91 Å². The normalized spacial score (nSPS) is 13.8. The third kappa shape index (κ3) is 3.08. The van der Waals surface area contributed by atoms with Gasteiger partial charge < -0.3 is 10.6 Å². The molecule has 5 heteroatoms. The van der Waals surface area contributed by atoms with Gasteiger partial charge in [-0.1, -0.05) is 32.0 Å². The lowest BCUT2D eigenvalue weighted by Gasteiger charge is -2.28. The highest BCUT2D eigenvalue weighted by atomic mass is 16.2. The maximum absolute atomic E-state index is 13.0. The molecule has 0 saturated carbocycles. The first kappa shape index (κ1) is 16.7. The number of benzene rings is 1. The molecule has 24 heavy (non-hydrogen) atoms. The number of carbonyl (C=O) groups excluding carboxylic acids is 1. The molecule has 1 amide bonds. The number of hydrogen-bond donors (Lipinski definition) is 1. The molecule has 1 aliphatic carbocycles. The van der Waals surface area contributed by atoms with E-state index < -0.39 is 0 Å². The smallest absolute Gasteiger partial charge is 0.274 e. The molecule has 0 radical (unpaired) electrons. The minimum absolute atomic E-state index is 0.00986. The molecule has 0 saturated heterocycles. The van der Waals surface area contributed by atoms with Crippen molar-refractivity contribution in [1.82, 2.24) is 14.7 Å². The van der Waals surface area contributed by atoms with Crippen LogP contribution in [0, 0.1) is 5.41 Å². The molecule has 3 rings (SSSR count). The molecule has 1 heterocycles. The molecule has 2 N–H and O–H groups in total. The van der Waals surface area contributed by atoms with Crippen molar-refractivity contribution in [3.8, 4) is 5.69 Å². The molecule has 0 aliphatic heterocycles. The molecule has 0 bridgehead atoms. The quantitative estimate of drug-likeness (QED) is 0.918. The Bertz CT molecular complexity index is 733. The van der Waals surface area contributed by atoms with Crippen LogP contribution in [0.2, 0.25) is 0 Å². The van der Waals surface area contributed by atoms with E-state index >= 15 is 0 Å². The Morgan fingerprint density at radius 3 is 2.67 bits per heavy atom. The number of rotatable bonds is 5. The highest BCUT2D eigenvalue weighted by molar-refractivity contribution is 5.94. The van der Waals surface area contributed by atoms with Crippen LogP contribution in [0.5, 0.6) is 0 Å². The molecule has 2 aromatic rings.